The molecule has 0 saturated carbocycles. The first-order chi connectivity index (χ1) is 5.20. The predicted molar refractivity (Wildman–Crippen MR) is 32.0 cm³/mol. The molecule has 0 aliphatic heterocycles. The summed E-state index contributed by atoms with van der Waals surface area (Å²) in [4.78, 5) is 25.7. The van der Waals surface area contributed by atoms with Gasteiger partial charge in [0.15, 0.2) is 0 Å². The van der Waals surface area contributed by atoms with Gasteiger partial charge >= 0.3 is 18.5 Å². The van der Waals surface area contributed by atoms with Crippen molar-refractivity contribution in [1.29, 1.82) is 0 Å². The van der Waals surface area contributed by atoms with Crippen LogP contribution in [0.15, 0.2) is 0 Å². The van der Waals surface area contributed by atoms with Gasteiger partial charge in [-0.1, -0.05) is 0 Å². The quantitative estimate of drug-likeness (QED) is 0.342. The molecule has 96 valence electrons. The van der Waals surface area contributed by atoms with Gasteiger partial charge in [-0.25, -0.2) is 14.4 Å². The minimum absolute atomic E-state index is 0. The molecule has 0 fully saturated rings. The molecule has 0 aromatic heterocycles. The van der Waals surface area contributed by atoms with Gasteiger partial charge in [0.25, 0.3) is 0 Å². The van der Waals surface area contributed by atoms with Crippen molar-refractivity contribution in [2.45, 2.75) is 0 Å². The van der Waals surface area contributed by atoms with E-state index >= 15 is 0 Å². The third kappa shape index (κ3) is 4330. The van der Waals surface area contributed by atoms with Crippen molar-refractivity contribution in [1.82, 2.24) is 0 Å². The monoisotopic (exact) mass is 354 g/mol. The molecule has 15 heavy (non-hydrogen) atoms. The summed E-state index contributed by atoms with van der Waals surface area (Å²) in [6.07, 6.45) is -5.50. The zero-order valence-electron chi connectivity index (χ0n) is 6.47. The summed E-state index contributed by atoms with van der Waals surface area (Å²) in [7, 11) is 0. The zero-order chi connectivity index (χ0) is 10.7. The van der Waals surface area contributed by atoms with Gasteiger partial charge in [-0.2, -0.15) is 0 Å². The van der Waals surface area contributed by atoms with Gasteiger partial charge in [0.1, 0.15) is 0 Å². The average Bonchev–Trinajstić information content (AvgIpc) is 1.54. The SMILES string of the molecule is O=C(O)O.O=C(O)O.O=C(O)O.[Fe].[Fe].[Fe]. The van der Waals surface area contributed by atoms with Crippen LogP contribution < -0.4 is 0 Å². The number of rotatable bonds is 0. The average molecular weight is 354 g/mol. The van der Waals surface area contributed by atoms with Crippen LogP contribution >= 0.6 is 0 Å². The molecule has 0 rings (SSSR count). The summed E-state index contributed by atoms with van der Waals surface area (Å²) < 4.78 is 0. The summed E-state index contributed by atoms with van der Waals surface area (Å²) in [5, 5.41) is 41.8. The van der Waals surface area contributed by atoms with E-state index in [1.807, 2.05) is 0 Å². The van der Waals surface area contributed by atoms with Crippen molar-refractivity contribution < 1.29 is 96.2 Å². The van der Waals surface area contributed by atoms with Crippen LogP contribution in [0.5, 0.6) is 0 Å². The molecule has 0 bridgehead atoms. The largest absolute Gasteiger partial charge is 0.503 e. The van der Waals surface area contributed by atoms with Crippen molar-refractivity contribution in [3.63, 3.8) is 0 Å². The van der Waals surface area contributed by atoms with Gasteiger partial charge in [-0.05, 0) is 0 Å². The fourth-order valence-corrected chi connectivity index (χ4v) is 0. The van der Waals surface area contributed by atoms with Crippen LogP contribution in [0.3, 0.4) is 0 Å². The summed E-state index contributed by atoms with van der Waals surface area (Å²) in [6.45, 7) is 0. The molecule has 0 saturated heterocycles. The molecule has 12 heteroatoms. The smallest absolute Gasteiger partial charge is 0.450 e. The molecular formula is C3H6Fe3O9. The van der Waals surface area contributed by atoms with Gasteiger partial charge in [0.2, 0.25) is 0 Å². The Kier molecular flexibility index (Phi) is 71.4. The van der Waals surface area contributed by atoms with Gasteiger partial charge < -0.3 is 30.6 Å². The molecule has 0 amide bonds. The molecule has 0 atom stereocenters. The van der Waals surface area contributed by atoms with E-state index in [1.54, 1.807) is 0 Å². The summed E-state index contributed by atoms with van der Waals surface area (Å²) in [5.74, 6) is 0. The third-order valence-corrected chi connectivity index (χ3v) is 0. The molecule has 0 spiro atoms. The van der Waals surface area contributed by atoms with Crippen LogP contribution in [0.4, 0.5) is 14.4 Å². The Balaban J connectivity index is -0.0000000184. The van der Waals surface area contributed by atoms with Crippen molar-refractivity contribution in [2.75, 3.05) is 0 Å². The molecule has 0 aromatic carbocycles. The second-order valence-electron chi connectivity index (χ2n) is 0.848. The number of carboxylic acid groups (broad SMARTS) is 6. The second kappa shape index (κ2) is 29.2. The Morgan fingerprint density at radius 3 is 0.467 bits per heavy atom. The summed E-state index contributed by atoms with van der Waals surface area (Å²) in [5.41, 5.74) is 0. The first-order valence-corrected chi connectivity index (χ1v) is 1.95. The first kappa shape index (κ1) is 36.7. The minimum Gasteiger partial charge on any atom is -0.450 e. The minimum atomic E-state index is -1.83. The molecule has 0 aromatic rings. The van der Waals surface area contributed by atoms with Crippen LogP contribution in [-0.4, -0.2) is 49.1 Å². The molecule has 0 radical (unpaired) electrons. The zero-order valence-corrected chi connectivity index (χ0v) is 9.78. The van der Waals surface area contributed by atoms with Crippen molar-refractivity contribution in [2.24, 2.45) is 0 Å². The molecule has 0 heterocycles. The van der Waals surface area contributed by atoms with Crippen molar-refractivity contribution >= 4 is 18.5 Å². The van der Waals surface area contributed by atoms with Crippen LogP contribution in [0.2, 0.25) is 0 Å². The molecular weight excluding hydrogens is 348 g/mol. The van der Waals surface area contributed by atoms with Crippen molar-refractivity contribution in [3.8, 4) is 0 Å². The molecule has 9 nitrogen and oxygen atoms in total. The first-order valence-electron chi connectivity index (χ1n) is 1.95. The maximum atomic E-state index is 8.56. The van der Waals surface area contributed by atoms with E-state index in [4.69, 9.17) is 45.0 Å². The summed E-state index contributed by atoms with van der Waals surface area (Å²) >= 11 is 0. The van der Waals surface area contributed by atoms with Gasteiger partial charge in [0.05, 0.1) is 0 Å². The predicted octanol–water partition coefficient (Wildman–Crippen LogP) is 0.660. The van der Waals surface area contributed by atoms with Crippen LogP contribution in [-0.2, 0) is 51.2 Å². The van der Waals surface area contributed by atoms with E-state index in [9.17, 15) is 0 Å². The second-order valence-corrected chi connectivity index (χ2v) is 0.848. The van der Waals surface area contributed by atoms with E-state index in [0.29, 0.717) is 0 Å². The molecule has 0 aliphatic rings. The number of hydrogen-bond acceptors (Lipinski definition) is 3. The fourth-order valence-electron chi connectivity index (χ4n) is 0. The standard InChI is InChI=1S/3CH2O3.3Fe/c3*2-1(3)4;;;/h3*(H2,2,3,4);;;. The van der Waals surface area contributed by atoms with Crippen LogP contribution in [0.25, 0.3) is 0 Å². The maximum Gasteiger partial charge on any atom is 0.503 e. The van der Waals surface area contributed by atoms with E-state index in [-0.39, 0.29) is 51.2 Å². The Morgan fingerprint density at radius 1 is 0.467 bits per heavy atom. The van der Waals surface area contributed by atoms with Crippen LogP contribution in [0, 0.1) is 0 Å². The van der Waals surface area contributed by atoms with Gasteiger partial charge in [-0.3, -0.25) is 0 Å². The van der Waals surface area contributed by atoms with Gasteiger partial charge in [0, 0.05) is 51.2 Å². The summed E-state index contributed by atoms with van der Waals surface area (Å²) in [6, 6.07) is 0. The van der Waals surface area contributed by atoms with Gasteiger partial charge in [-0.15, -0.1) is 0 Å². The molecule has 0 unspecified atom stereocenters. The Labute approximate surface area is 115 Å². The van der Waals surface area contributed by atoms with Crippen LogP contribution in [0.1, 0.15) is 0 Å². The number of carbonyl (C=O) groups is 3. The maximum absolute atomic E-state index is 8.56. The Bertz CT molecular complexity index is 118. The molecule has 0 aliphatic carbocycles. The Morgan fingerprint density at radius 2 is 0.467 bits per heavy atom. The number of hydrogen-bond donors (Lipinski definition) is 6. The van der Waals surface area contributed by atoms with Crippen molar-refractivity contribution in [3.05, 3.63) is 0 Å². The molecule has 6 N–H and O–H groups in total. The fraction of sp³-hybridized carbons (Fsp3) is 0. The third-order valence-electron chi connectivity index (χ3n) is 0. The topological polar surface area (TPSA) is 173 Å². The van der Waals surface area contributed by atoms with E-state index in [1.165, 1.54) is 0 Å². The van der Waals surface area contributed by atoms with E-state index < -0.39 is 18.5 Å². The van der Waals surface area contributed by atoms with E-state index in [0.717, 1.165) is 0 Å². The normalized spacial score (nSPS) is 4.80. The Hall–Kier alpha value is -0.632. The van der Waals surface area contributed by atoms with E-state index in [2.05, 4.69) is 0 Å².